The summed E-state index contributed by atoms with van der Waals surface area (Å²) in [5, 5.41) is 4.16. The lowest BCUT2D eigenvalue weighted by molar-refractivity contribution is 0.156. The van der Waals surface area contributed by atoms with Gasteiger partial charge in [-0.3, -0.25) is 0 Å². The first-order chi connectivity index (χ1) is 21.5. The van der Waals surface area contributed by atoms with Crippen molar-refractivity contribution in [3.63, 3.8) is 0 Å². The highest BCUT2D eigenvalue weighted by molar-refractivity contribution is 7.04. The van der Waals surface area contributed by atoms with Crippen molar-refractivity contribution in [2.75, 3.05) is 0 Å². The summed E-state index contributed by atoms with van der Waals surface area (Å²) in [5.74, 6) is 0. The zero-order valence-electron chi connectivity index (χ0n) is 26.8. The minimum atomic E-state index is -4.19. The van der Waals surface area contributed by atoms with Crippen molar-refractivity contribution < 1.29 is 16.5 Å². The van der Waals surface area contributed by atoms with Gasteiger partial charge in [0.1, 0.15) is 0 Å². The second-order valence-corrected chi connectivity index (χ2v) is 28.7. The molecule has 0 heterocycles. The van der Waals surface area contributed by atoms with Gasteiger partial charge in [0.15, 0.2) is 0 Å². The summed E-state index contributed by atoms with van der Waals surface area (Å²) in [5.41, 5.74) is 7.72. The largest absolute Gasteiger partial charge is 0.639 e. The Hall–Kier alpha value is -3.24. The van der Waals surface area contributed by atoms with Gasteiger partial charge in [-0.1, -0.05) is 144 Å². The lowest BCUT2D eigenvalue weighted by Gasteiger charge is -2.46. The smallest absolute Gasteiger partial charge is 0.387 e. The molecule has 232 valence electrons. The van der Waals surface area contributed by atoms with E-state index in [-0.39, 0.29) is 0 Å². The summed E-state index contributed by atoms with van der Waals surface area (Å²) < 4.78 is 29.9. The van der Waals surface area contributed by atoms with Gasteiger partial charge in [0, 0.05) is 0 Å². The first-order valence-corrected chi connectivity index (χ1v) is 26.6. The standard InChI is InChI=1S/C36H44O4Si5/c1-9-41(5,33-25-17-13-18-26-33)37-45(38-42(6,10-2)34-27-19-14-20-28-34,39-43(7,11-3)35-29-21-15-22-30-35)40-44(8,12-4)36-31-23-16-24-32-36/h9-32H,1-4H2,5-8H3. The van der Waals surface area contributed by atoms with Crippen LogP contribution in [0.3, 0.4) is 0 Å². The van der Waals surface area contributed by atoms with E-state index in [9.17, 15) is 0 Å². The number of hydrogen-bond acceptors (Lipinski definition) is 4. The normalized spacial score (nSPS) is 18.0. The van der Waals surface area contributed by atoms with Crippen molar-refractivity contribution in [3.05, 3.63) is 170 Å². The fraction of sp³-hybridized carbons (Fsp3) is 0.111. The summed E-state index contributed by atoms with van der Waals surface area (Å²) in [6.45, 7) is 25.6. The third kappa shape index (κ3) is 7.77. The summed E-state index contributed by atoms with van der Waals surface area (Å²) >= 11 is 0. The number of rotatable bonds is 16. The lowest BCUT2D eigenvalue weighted by atomic mass is 10.4. The topological polar surface area (TPSA) is 36.9 Å². The van der Waals surface area contributed by atoms with Gasteiger partial charge in [-0.05, 0) is 46.9 Å². The van der Waals surface area contributed by atoms with E-state index in [0.29, 0.717) is 0 Å². The van der Waals surface area contributed by atoms with Crippen molar-refractivity contribution in [1.82, 2.24) is 0 Å². The molecule has 0 spiro atoms. The predicted octanol–water partition coefficient (Wildman–Crippen LogP) is 6.32. The summed E-state index contributed by atoms with van der Waals surface area (Å²) in [6, 6.07) is 40.8. The third-order valence-corrected chi connectivity index (χ3v) is 28.1. The average molecular weight is 681 g/mol. The molecule has 4 aromatic rings. The maximum absolute atomic E-state index is 7.47. The molecule has 0 radical (unpaired) electrons. The molecular weight excluding hydrogens is 637 g/mol. The van der Waals surface area contributed by atoms with E-state index in [1.54, 1.807) is 0 Å². The highest BCUT2D eigenvalue weighted by Gasteiger charge is 2.61. The molecule has 4 atom stereocenters. The van der Waals surface area contributed by atoms with Crippen LogP contribution in [0, 0.1) is 0 Å². The monoisotopic (exact) mass is 680 g/mol. The first-order valence-electron chi connectivity index (χ1n) is 15.1. The summed E-state index contributed by atoms with van der Waals surface area (Å²) in [7, 11) is -16.0. The molecule has 0 aliphatic heterocycles. The van der Waals surface area contributed by atoms with E-state index < -0.39 is 42.3 Å². The van der Waals surface area contributed by atoms with E-state index >= 15 is 0 Å². The van der Waals surface area contributed by atoms with Gasteiger partial charge < -0.3 is 16.5 Å². The molecular formula is C36H44O4Si5. The van der Waals surface area contributed by atoms with E-state index in [0.717, 1.165) is 20.7 Å². The van der Waals surface area contributed by atoms with Crippen molar-refractivity contribution in [2.24, 2.45) is 0 Å². The Bertz CT molecular complexity index is 1350. The van der Waals surface area contributed by atoms with Crippen LogP contribution in [0.2, 0.25) is 26.2 Å². The molecule has 0 saturated carbocycles. The van der Waals surface area contributed by atoms with Gasteiger partial charge >= 0.3 is 9.05 Å². The van der Waals surface area contributed by atoms with Crippen LogP contribution in [-0.4, -0.2) is 42.3 Å². The molecule has 4 rings (SSSR count). The summed E-state index contributed by atoms with van der Waals surface area (Å²) in [4.78, 5) is 0. The zero-order valence-corrected chi connectivity index (χ0v) is 31.8. The Morgan fingerprint density at radius 1 is 0.356 bits per heavy atom. The van der Waals surface area contributed by atoms with E-state index in [1.165, 1.54) is 0 Å². The molecule has 0 aliphatic carbocycles. The van der Waals surface area contributed by atoms with Crippen LogP contribution in [0.15, 0.2) is 170 Å². The van der Waals surface area contributed by atoms with Gasteiger partial charge in [-0.25, -0.2) is 0 Å². The predicted molar refractivity (Wildman–Crippen MR) is 202 cm³/mol. The maximum Gasteiger partial charge on any atom is 0.639 e. The van der Waals surface area contributed by atoms with E-state index in [1.807, 2.05) is 95.6 Å². The van der Waals surface area contributed by atoms with Gasteiger partial charge in [0.2, 0.25) is 33.3 Å². The maximum atomic E-state index is 7.47. The van der Waals surface area contributed by atoms with Crippen molar-refractivity contribution >= 4 is 63.1 Å². The Balaban J connectivity index is 2.03. The highest BCUT2D eigenvalue weighted by Crippen LogP contribution is 2.31. The highest BCUT2D eigenvalue weighted by atomic mass is 28.5. The van der Waals surface area contributed by atoms with Crippen molar-refractivity contribution in [1.29, 1.82) is 0 Å². The minimum Gasteiger partial charge on any atom is -0.387 e. The quantitative estimate of drug-likeness (QED) is 0.130. The molecule has 4 unspecified atom stereocenters. The third-order valence-electron chi connectivity index (χ3n) is 8.29. The zero-order chi connectivity index (χ0) is 32.6. The molecule has 45 heavy (non-hydrogen) atoms. The van der Waals surface area contributed by atoms with Crippen LogP contribution in [0.1, 0.15) is 0 Å². The Labute approximate surface area is 275 Å². The van der Waals surface area contributed by atoms with Gasteiger partial charge in [0.05, 0.1) is 0 Å². The van der Waals surface area contributed by atoms with Crippen LogP contribution in [0.4, 0.5) is 0 Å². The number of hydrogen-bond donors (Lipinski definition) is 0. The number of benzene rings is 4. The van der Waals surface area contributed by atoms with E-state index in [2.05, 4.69) is 101 Å². The molecule has 0 fully saturated rings. The molecule has 0 bridgehead atoms. The Kier molecular flexibility index (Phi) is 11.1. The van der Waals surface area contributed by atoms with Gasteiger partial charge in [0.25, 0.3) is 0 Å². The fourth-order valence-electron chi connectivity index (χ4n) is 5.11. The van der Waals surface area contributed by atoms with Crippen molar-refractivity contribution in [3.8, 4) is 0 Å². The fourth-order valence-corrected chi connectivity index (χ4v) is 24.3. The van der Waals surface area contributed by atoms with E-state index in [4.69, 9.17) is 16.5 Å². The Morgan fingerprint density at radius 3 is 0.689 bits per heavy atom. The Morgan fingerprint density at radius 2 is 0.533 bits per heavy atom. The van der Waals surface area contributed by atoms with Crippen LogP contribution < -0.4 is 20.7 Å². The second kappa shape index (κ2) is 14.5. The molecule has 0 N–H and O–H groups in total. The minimum absolute atomic E-state index is 1.04. The second-order valence-electron chi connectivity index (χ2n) is 11.6. The summed E-state index contributed by atoms with van der Waals surface area (Å²) in [6.07, 6.45) is 0. The molecule has 0 amide bonds. The molecule has 9 heteroatoms. The molecule has 4 nitrogen and oxygen atoms in total. The molecule has 0 aromatic heterocycles. The SMILES string of the molecule is C=C[Si](C)(O[Si](O[Si](C)(C=C)c1ccccc1)(O[Si](C)(C=C)c1ccccc1)O[Si](C)(C=C)c1ccccc1)c1ccccc1. The first kappa shape index (κ1) is 34.6. The molecule has 0 aliphatic rings. The van der Waals surface area contributed by atoms with Gasteiger partial charge in [-0.2, -0.15) is 0 Å². The van der Waals surface area contributed by atoms with Crippen LogP contribution in [0.25, 0.3) is 0 Å². The lowest BCUT2D eigenvalue weighted by Crippen LogP contribution is -2.73. The van der Waals surface area contributed by atoms with Crippen LogP contribution in [0.5, 0.6) is 0 Å². The van der Waals surface area contributed by atoms with Crippen molar-refractivity contribution in [2.45, 2.75) is 26.2 Å². The average Bonchev–Trinajstić information content (AvgIpc) is 3.09. The van der Waals surface area contributed by atoms with Crippen LogP contribution in [-0.2, 0) is 16.5 Å². The molecule has 4 aromatic carbocycles. The van der Waals surface area contributed by atoms with Gasteiger partial charge in [-0.15, -0.1) is 26.3 Å². The van der Waals surface area contributed by atoms with Crippen LogP contribution >= 0.6 is 0 Å². The molecule has 0 saturated heterocycles.